The molecule has 0 saturated carbocycles. The first-order valence-electron chi connectivity index (χ1n) is 11.8. The fourth-order valence-corrected chi connectivity index (χ4v) is 4.10. The van der Waals surface area contributed by atoms with Gasteiger partial charge in [0.1, 0.15) is 11.4 Å². The Morgan fingerprint density at radius 2 is 2.00 bits per heavy atom. The third-order valence-electron chi connectivity index (χ3n) is 6.12. The van der Waals surface area contributed by atoms with E-state index in [0.717, 1.165) is 22.5 Å². The average molecular weight is 502 g/mol. The monoisotopic (exact) mass is 501 g/mol. The highest BCUT2D eigenvalue weighted by Gasteiger charge is 2.24. The lowest BCUT2D eigenvalue weighted by atomic mass is 10.1. The third kappa shape index (κ3) is 5.61. The van der Waals surface area contributed by atoms with Crippen LogP contribution in [0.4, 0.5) is 23.0 Å². The van der Waals surface area contributed by atoms with E-state index in [1.165, 1.54) is 19.2 Å². The van der Waals surface area contributed by atoms with Crippen LogP contribution in [0.3, 0.4) is 0 Å². The molecule has 2 aromatic carbocycles. The van der Waals surface area contributed by atoms with Crippen molar-refractivity contribution in [3.8, 4) is 17.0 Å². The molecule has 10 nitrogen and oxygen atoms in total. The number of fused-ring (bicyclic) bond motifs is 1. The molecule has 2 heterocycles. The van der Waals surface area contributed by atoms with Gasteiger partial charge in [-0.3, -0.25) is 4.79 Å². The third-order valence-corrected chi connectivity index (χ3v) is 6.12. The summed E-state index contributed by atoms with van der Waals surface area (Å²) in [6.45, 7) is 4.22. The lowest BCUT2D eigenvalue weighted by Gasteiger charge is -2.40. The Labute approximate surface area is 215 Å². The first kappa shape index (κ1) is 25.8. The Bertz CT molecular complexity index is 1460. The van der Waals surface area contributed by atoms with Crippen LogP contribution in [0.1, 0.15) is 0 Å². The zero-order chi connectivity index (χ0) is 26.7. The molecule has 1 atom stereocenters. The minimum Gasteiger partial charge on any atom is -0.627 e. The van der Waals surface area contributed by atoms with Crippen molar-refractivity contribution in [2.24, 2.45) is 7.05 Å². The van der Waals surface area contributed by atoms with E-state index in [0.29, 0.717) is 12.2 Å². The summed E-state index contributed by atoms with van der Waals surface area (Å²) < 4.78 is 1.24. The van der Waals surface area contributed by atoms with Gasteiger partial charge in [-0.2, -0.15) is 0 Å². The van der Waals surface area contributed by atoms with Crippen LogP contribution in [-0.4, -0.2) is 64.7 Å². The van der Waals surface area contributed by atoms with Gasteiger partial charge in [-0.05, 0) is 38.4 Å². The highest BCUT2D eigenvalue weighted by Crippen LogP contribution is 2.40. The Morgan fingerprint density at radius 1 is 1.24 bits per heavy atom. The Hall–Kier alpha value is -4.25. The van der Waals surface area contributed by atoms with Crippen molar-refractivity contribution < 1.29 is 9.90 Å². The molecule has 4 aromatic rings. The molecule has 10 heteroatoms. The van der Waals surface area contributed by atoms with Crippen LogP contribution in [-0.2, 0) is 11.8 Å². The van der Waals surface area contributed by atoms with E-state index in [2.05, 4.69) is 27.2 Å². The van der Waals surface area contributed by atoms with E-state index in [-0.39, 0.29) is 35.3 Å². The number of nitrogens with one attached hydrogen (secondary N) is 2. The van der Waals surface area contributed by atoms with Crippen molar-refractivity contribution in [1.29, 1.82) is 0 Å². The molecule has 0 radical (unpaired) electrons. The van der Waals surface area contributed by atoms with Crippen LogP contribution in [0.2, 0.25) is 0 Å². The molecule has 1 unspecified atom stereocenters. The maximum absolute atomic E-state index is 13.4. The maximum atomic E-state index is 13.4. The first-order chi connectivity index (χ1) is 17.6. The number of amides is 1. The number of phenolic OH excluding ortho intramolecular Hbond substituents is 1. The average Bonchev–Trinajstić information content (AvgIpc) is 3.21. The van der Waals surface area contributed by atoms with E-state index >= 15 is 0 Å². The summed E-state index contributed by atoms with van der Waals surface area (Å²) >= 11 is 0. The minimum atomic E-state index is -0.800. The second-order valence-corrected chi connectivity index (χ2v) is 9.27. The number of rotatable bonds is 9. The number of carbonyl (C=O) groups excluding carboxylic acids is 1. The SMILES string of the molecule is C=CC(=O)Nc1cc(Nc2nccc(-c3cn(C)c4ccccc34)n2)c(O)cc1[N+](C)([O-])CCN(C)C. The van der Waals surface area contributed by atoms with Crippen molar-refractivity contribution in [3.05, 3.63) is 72.7 Å². The molecule has 37 heavy (non-hydrogen) atoms. The van der Waals surface area contributed by atoms with Crippen LogP contribution in [0.25, 0.3) is 22.2 Å². The smallest absolute Gasteiger partial charge is 0.247 e. The molecule has 0 spiro atoms. The molecule has 0 aliphatic carbocycles. The molecule has 2 aromatic heterocycles. The predicted molar refractivity (Wildman–Crippen MR) is 149 cm³/mol. The fraction of sp³-hybridized carbons (Fsp3) is 0.222. The second kappa shape index (κ2) is 10.4. The molecule has 0 bridgehead atoms. The van der Waals surface area contributed by atoms with Gasteiger partial charge in [0.15, 0.2) is 5.69 Å². The van der Waals surface area contributed by atoms with Gasteiger partial charge in [-0.15, -0.1) is 0 Å². The minimum absolute atomic E-state index is 0.171. The number of carbonyl (C=O) groups is 1. The molecule has 0 fully saturated rings. The molecule has 3 N–H and O–H groups in total. The van der Waals surface area contributed by atoms with Crippen LogP contribution < -0.4 is 15.3 Å². The number of aryl methyl sites for hydroxylation is 1. The number of hydrogen-bond donors (Lipinski definition) is 3. The van der Waals surface area contributed by atoms with Crippen molar-refractivity contribution in [2.45, 2.75) is 0 Å². The number of anilines is 3. The van der Waals surface area contributed by atoms with Gasteiger partial charge in [0.25, 0.3) is 0 Å². The Kier molecular flexibility index (Phi) is 7.25. The Morgan fingerprint density at radius 3 is 2.73 bits per heavy atom. The van der Waals surface area contributed by atoms with Gasteiger partial charge >= 0.3 is 0 Å². The van der Waals surface area contributed by atoms with Gasteiger partial charge in [0, 0.05) is 48.5 Å². The zero-order valence-electron chi connectivity index (χ0n) is 21.4. The standard InChI is InChI=1S/C27H31N7O3/c1-6-26(36)29-21-15-22(25(35)16-24(21)34(5,37)14-13-32(2)3)31-27-28-12-11-20(30-27)19-17-33(4)23-10-8-7-9-18(19)23/h6-12,15-17,35H,1,13-14H2,2-5H3,(H,29,36)(H,28,30,31). The van der Waals surface area contributed by atoms with Gasteiger partial charge in [0.05, 0.1) is 25.0 Å². The number of quaternary nitrogens is 1. The summed E-state index contributed by atoms with van der Waals surface area (Å²) in [5.41, 5.74) is 3.44. The van der Waals surface area contributed by atoms with Crippen molar-refractivity contribution in [1.82, 2.24) is 24.1 Å². The molecule has 4 rings (SSSR count). The number of aromatic hydroxyl groups is 1. The van der Waals surface area contributed by atoms with E-state index in [1.54, 1.807) is 6.20 Å². The Balaban J connectivity index is 1.71. The highest BCUT2D eigenvalue weighted by molar-refractivity contribution is 6.02. The lowest BCUT2D eigenvalue weighted by molar-refractivity contribution is -0.111. The number of aromatic nitrogens is 3. The molecule has 0 saturated heterocycles. The quantitative estimate of drug-likeness (QED) is 0.103. The van der Waals surface area contributed by atoms with Crippen molar-refractivity contribution in [3.63, 3.8) is 0 Å². The van der Waals surface area contributed by atoms with Gasteiger partial charge in [-0.1, -0.05) is 24.8 Å². The molecule has 192 valence electrons. The van der Waals surface area contributed by atoms with E-state index in [4.69, 9.17) is 0 Å². The van der Waals surface area contributed by atoms with Crippen LogP contribution in [0, 0.1) is 5.21 Å². The number of likely N-dealkylation sites (N-methyl/N-ethyl adjacent to an activating group) is 2. The molecule has 1 amide bonds. The topological polar surface area (TPSA) is 118 Å². The summed E-state index contributed by atoms with van der Waals surface area (Å²) in [7, 11) is 7.20. The van der Waals surface area contributed by atoms with E-state index in [1.807, 2.05) is 67.1 Å². The first-order valence-corrected chi connectivity index (χ1v) is 11.8. The van der Waals surface area contributed by atoms with Gasteiger partial charge in [-0.25, -0.2) is 9.97 Å². The largest absolute Gasteiger partial charge is 0.627 e. The molecular formula is C27H31N7O3. The normalized spacial score (nSPS) is 12.9. The summed E-state index contributed by atoms with van der Waals surface area (Å²) in [4.78, 5) is 23.0. The van der Waals surface area contributed by atoms with Crippen LogP contribution in [0.5, 0.6) is 5.75 Å². The summed E-state index contributed by atoms with van der Waals surface area (Å²) in [5, 5.41) is 31.0. The van der Waals surface area contributed by atoms with Crippen LogP contribution >= 0.6 is 0 Å². The number of hydroxylamine groups is 2. The maximum Gasteiger partial charge on any atom is 0.247 e. The van der Waals surface area contributed by atoms with Crippen molar-refractivity contribution >= 4 is 39.8 Å². The highest BCUT2D eigenvalue weighted by atomic mass is 16.5. The number of hydrogen-bond acceptors (Lipinski definition) is 7. The van der Waals surface area contributed by atoms with Crippen LogP contribution in [0.15, 0.2) is 67.5 Å². The van der Waals surface area contributed by atoms with E-state index < -0.39 is 10.6 Å². The number of phenols is 1. The van der Waals surface area contributed by atoms with Crippen molar-refractivity contribution in [2.75, 3.05) is 44.9 Å². The predicted octanol–water partition coefficient (Wildman–Crippen LogP) is 4.21. The fourth-order valence-electron chi connectivity index (χ4n) is 4.10. The number of para-hydroxylation sites is 1. The summed E-state index contributed by atoms with van der Waals surface area (Å²) in [6, 6.07) is 12.7. The molecular weight excluding hydrogens is 470 g/mol. The summed E-state index contributed by atoms with van der Waals surface area (Å²) in [5.74, 6) is -0.392. The molecule has 0 aliphatic heterocycles. The second-order valence-electron chi connectivity index (χ2n) is 9.27. The van der Waals surface area contributed by atoms with Gasteiger partial charge < -0.3 is 35.1 Å². The van der Waals surface area contributed by atoms with Gasteiger partial charge in [0.2, 0.25) is 11.9 Å². The lowest BCUT2D eigenvalue weighted by Crippen LogP contribution is -2.44. The summed E-state index contributed by atoms with van der Waals surface area (Å²) in [6.07, 6.45) is 4.76. The zero-order valence-corrected chi connectivity index (χ0v) is 21.4. The number of nitrogens with zero attached hydrogens (tertiary/aromatic N) is 5. The van der Waals surface area contributed by atoms with E-state index in [9.17, 15) is 15.1 Å². The molecule has 0 aliphatic rings. The number of benzene rings is 2.